The molecule has 1 aromatic heterocycles. The Kier molecular flexibility index (Phi) is 6.12. The molecule has 0 saturated heterocycles. The number of ketones is 1. The lowest BCUT2D eigenvalue weighted by molar-refractivity contribution is 0.102. The molecule has 2 rings (SSSR count). The lowest BCUT2D eigenvalue weighted by Crippen LogP contribution is -2.09. The first-order valence-corrected chi connectivity index (χ1v) is 8.46. The van der Waals surface area contributed by atoms with Crippen LogP contribution in [0.25, 0.3) is 0 Å². The van der Waals surface area contributed by atoms with E-state index >= 15 is 0 Å². The van der Waals surface area contributed by atoms with E-state index in [1.54, 1.807) is 7.11 Å². The van der Waals surface area contributed by atoms with E-state index in [-0.39, 0.29) is 5.78 Å². The van der Waals surface area contributed by atoms with Gasteiger partial charge in [0.1, 0.15) is 0 Å². The summed E-state index contributed by atoms with van der Waals surface area (Å²) in [5, 5.41) is 0.706. The Labute approximate surface area is 140 Å². The van der Waals surface area contributed by atoms with Crippen molar-refractivity contribution >= 4 is 29.1 Å². The second-order valence-electron chi connectivity index (χ2n) is 5.10. The number of methoxy groups -OCH3 is 1. The SMILES string of the molecule is COCCn1c(C)cc(C(=O)CSc2ccc(Cl)cc2)c1C. The van der Waals surface area contributed by atoms with Crippen LogP contribution in [0.4, 0.5) is 0 Å². The molecular formula is C17H20ClNO2S. The molecular weight excluding hydrogens is 318 g/mol. The second-order valence-corrected chi connectivity index (χ2v) is 6.58. The van der Waals surface area contributed by atoms with E-state index in [2.05, 4.69) is 4.57 Å². The molecule has 1 heterocycles. The van der Waals surface area contributed by atoms with Gasteiger partial charge >= 0.3 is 0 Å². The fraction of sp³-hybridized carbons (Fsp3) is 0.353. The number of halogens is 1. The van der Waals surface area contributed by atoms with Gasteiger partial charge in [0.25, 0.3) is 0 Å². The van der Waals surface area contributed by atoms with Crippen LogP contribution in [-0.2, 0) is 11.3 Å². The highest BCUT2D eigenvalue weighted by atomic mass is 35.5. The molecule has 22 heavy (non-hydrogen) atoms. The molecule has 2 aromatic rings. The van der Waals surface area contributed by atoms with E-state index in [1.165, 1.54) is 11.8 Å². The van der Waals surface area contributed by atoms with Gasteiger partial charge in [0, 0.05) is 40.5 Å². The third kappa shape index (κ3) is 4.15. The maximum absolute atomic E-state index is 12.5. The Morgan fingerprint density at radius 1 is 1.27 bits per heavy atom. The minimum absolute atomic E-state index is 0.150. The summed E-state index contributed by atoms with van der Waals surface area (Å²) < 4.78 is 7.25. The summed E-state index contributed by atoms with van der Waals surface area (Å²) in [5.41, 5.74) is 2.90. The van der Waals surface area contributed by atoms with Crippen LogP contribution in [0, 0.1) is 13.8 Å². The number of Topliss-reactive ketones (excluding diaryl/α,β-unsaturated/α-hetero) is 1. The fourth-order valence-electron chi connectivity index (χ4n) is 2.37. The van der Waals surface area contributed by atoms with Gasteiger partial charge in [0.2, 0.25) is 0 Å². The summed E-state index contributed by atoms with van der Waals surface area (Å²) in [5.74, 6) is 0.577. The molecule has 0 aliphatic carbocycles. The van der Waals surface area contributed by atoms with Crippen molar-refractivity contribution in [3.05, 3.63) is 52.3 Å². The average molecular weight is 338 g/mol. The van der Waals surface area contributed by atoms with E-state index in [0.29, 0.717) is 17.4 Å². The van der Waals surface area contributed by atoms with Crippen molar-refractivity contribution in [2.24, 2.45) is 0 Å². The Morgan fingerprint density at radius 2 is 1.95 bits per heavy atom. The Bertz CT molecular complexity index is 649. The molecule has 0 saturated carbocycles. The topological polar surface area (TPSA) is 31.2 Å². The third-order valence-electron chi connectivity index (χ3n) is 3.58. The predicted octanol–water partition coefficient (Wildman–Crippen LogP) is 4.38. The van der Waals surface area contributed by atoms with Crippen molar-refractivity contribution < 1.29 is 9.53 Å². The monoisotopic (exact) mass is 337 g/mol. The van der Waals surface area contributed by atoms with Crippen LogP contribution in [0.3, 0.4) is 0 Å². The van der Waals surface area contributed by atoms with Gasteiger partial charge in [-0.3, -0.25) is 4.79 Å². The smallest absolute Gasteiger partial charge is 0.174 e. The predicted molar refractivity (Wildman–Crippen MR) is 92.3 cm³/mol. The highest BCUT2D eigenvalue weighted by Gasteiger charge is 2.15. The summed E-state index contributed by atoms with van der Waals surface area (Å²) in [6.45, 7) is 5.42. The van der Waals surface area contributed by atoms with Crippen LogP contribution in [0.1, 0.15) is 21.7 Å². The number of benzene rings is 1. The van der Waals surface area contributed by atoms with Gasteiger partial charge in [-0.25, -0.2) is 0 Å². The number of hydrogen-bond donors (Lipinski definition) is 0. The molecule has 118 valence electrons. The minimum Gasteiger partial charge on any atom is -0.383 e. The minimum atomic E-state index is 0.150. The van der Waals surface area contributed by atoms with Crippen LogP contribution in [0.2, 0.25) is 5.02 Å². The van der Waals surface area contributed by atoms with Gasteiger partial charge in [0.05, 0.1) is 12.4 Å². The number of rotatable bonds is 7. The quantitative estimate of drug-likeness (QED) is 0.555. The van der Waals surface area contributed by atoms with Crippen molar-refractivity contribution in [1.29, 1.82) is 0 Å². The molecule has 3 nitrogen and oxygen atoms in total. The Balaban J connectivity index is 2.04. The van der Waals surface area contributed by atoms with Crippen molar-refractivity contribution in [3.8, 4) is 0 Å². The van der Waals surface area contributed by atoms with E-state index in [0.717, 1.165) is 28.4 Å². The third-order valence-corrected chi connectivity index (χ3v) is 4.84. The number of aryl methyl sites for hydroxylation is 1. The molecule has 0 atom stereocenters. The summed E-state index contributed by atoms with van der Waals surface area (Å²) >= 11 is 7.40. The Hall–Kier alpha value is -1.23. The zero-order chi connectivity index (χ0) is 16.1. The lowest BCUT2D eigenvalue weighted by atomic mass is 10.2. The number of aromatic nitrogens is 1. The number of nitrogens with zero attached hydrogens (tertiary/aromatic N) is 1. The molecule has 0 aliphatic heterocycles. The average Bonchev–Trinajstić information content (AvgIpc) is 2.79. The zero-order valence-corrected chi connectivity index (χ0v) is 14.6. The number of ether oxygens (including phenoxy) is 1. The first kappa shape index (κ1) is 17.1. The molecule has 0 amide bonds. The van der Waals surface area contributed by atoms with Gasteiger partial charge in [-0.1, -0.05) is 11.6 Å². The fourth-order valence-corrected chi connectivity index (χ4v) is 3.28. The highest BCUT2D eigenvalue weighted by Crippen LogP contribution is 2.23. The summed E-state index contributed by atoms with van der Waals surface area (Å²) in [7, 11) is 1.68. The molecule has 0 radical (unpaired) electrons. The summed E-state index contributed by atoms with van der Waals surface area (Å²) in [4.78, 5) is 13.5. The van der Waals surface area contributed by atoms with Gasteiger partial charge in [-0.2, -0.15) is 0 Å². The second kappa shape index (κ2) is 7.86. The molecule has 1 aromatic carbocycles. The number of carbonyl (C=O) groups excluding carboxylic acids is 1. The van der Waals surface area contributed by atoms with E-state index in [4.69, 9.17) is 16.3 Å². The number of thioether (sulfide) groups is 1. The van der Waals surface area contributed by atoms with E-state index < -0.39 is 0 Å². The van der Waals surface area contributed by atoms with Crippen molar-refractivity contribution in [3.63, 3.8) is 0 Å². The van der Waals surface area contributed by atoms with Crippen LogP contribution in [0.15, 0.2) is 35.2 Å². The van der Waals surface area contributed by atoms with Gasteiger partial charge in [-0.15, -0.1) is 11.8 Å². The zero-order valence-electron chi connectivity index (χ0n) is 13.1. The molecule has 0 fully saturated rings. The largest absolute Gasteiger partial charge is 0.383 e. The van der Waals surface area contributed by atoms with Crippen LogP contribution in [0.5, 0.6) is 0 Å². The normalized spacial score (nSPS) is 10.9. The van der Waals surface area contributed by atoms with Crippen molar-refractivity contribution in [2.75, 3.05) is 19.5 Å². The molecule has 0 unspecified atom stereocenters. The summed E-state index contributed by atoms with van der Waals surface area (Å²) in [6, 6.07) is 9.51. The molecule has 0 N–H and O–H groups in total. The first-order valence-electron chi connectivity index (χ1n) is 7.10. The van der Waals surface area contributed by atoms with E-state index in [9.17, 15) is 4.79 Å². The maximum Gasteiger partial charge on any atom is 0.174 e. The molecule has 0 aliphatic rings. The standard InChI is InChI=1S/C17H20ClNO2S/c1-12-10-16(13(2)19(12)8-9-21-3)17(20)11-22-15-6-4-14(18)5-7-15/h4-7,10H,8-9,11H2,1-3H3. The van der Waals surface area contributed by atoms with Gasteiger partial charge in [0.15, 0.2) is 5.78 Å². The number of carbonyl (C=O) groups is 1. The van der Waals surface area contributed by atoms with Crippen molar-refractivity contribution in [1.82, 2.24) is 4.57 Å². The first-order chi connectivity index (χ1) is 10.5. The van der Waals surface area contributed by atoms with Crippen molar-refractivity contribution in [2.45, 2.75) is 25.3 Å². The van der Waals surface area contributed by atoms with Gasteiger partial charge < -0.3 is 9.30 Å². The van der Waals surface area contributed by atoms with Gasteiger partial charge in [-0.05, 0) is 44.2 Å². The summed E-state index contributed by atoms with van der Waals surface area (Å²) in [6.07, 6.45) is 0. The lowest BCUT2D eigenvalue weighted by Gasteiger charge is -2.08. The Morgan fingerprint density at radius 3 is 2.59 bits per heavy atom. The molecule has 5 heteroatoms. The number of hydrogen-bond acceptors (Lipinski definition) is 3. The highest BCUT2D eigenvalue weighted by molar-refractivity contribution is 8.00. The van der Waals surface area contributed by atoms with Crippen LogP contribution >= 0.6 is 23.4 Å². The van der Waals surface area contributed by atoms with Crippen LogP contribution in [-0.4, -0.2) is 29.8 Å². The molecule has 0 spiro atoms. The van der Waals surface area contributed by atoms with E-state index in [1.807, 2.05) is 44.2 Å². The maximum atomic E-state index is 12.5. The molecule has 0 bridgehead atoms. The van der Waals surface area contributed by atoms with Crippen LogP contribution < -0.4 is 0 Å².